The number of nitrogens with zero attached hydrogens (tertiary/aromatic N) is 1. The maximum Gasteiger partial charge on any atom is 0.264 e. The van der Waals surface area contributed by atoms with Crippen molar-refractivity contribution in [1.82, 2.24) is 0 Å². The number of fused-ring (bicyclic) bond motifs is 1. The van der Waals surface area contributed by atoms with Crippen molar-refractivity contribution in [3.63, 3.8) is 0 Å². The van der Waals surface area contributed by atoms with Crippen molar-refractivity contribution < 1.29 is 13.2 Å². The summed E-state index contributed by atoms with van der Waals surface area (Å²) in [5.74, 6) is 0.531. The quantitative estimate of drug-likeness (QED) is 0.703. The Labute approximate surface area is 142 Å². The molecule has 0 amide bonds. The third-order valence-corrected chi connectivity index (χ3v) is 5.83. The second-order valence-electron chi connectivity index (χ2n) is 5.35. The highest BCUT2D eigenvalue weighted by molar-refractivity contribution is 7.92. The van der Waals surface area contributed by atoms with E-state index in [1.807, 2.05) is 43.3 Å². The molecule has 0 bridgehead atoms. The minimum Gasteiger partial charge on any atom is -0.495 e. The van der Waals surface area contributed by atoms with E-state index in [0.717, 1.165) is 10.8 Å². The zero-order valence-electron chi connectivity index (χ0n) is 13.6. The predicted molar refractivity (Wildman–Crippen MR) is 97.1 cm³/mol. The summed E-state index contributed by atoms with van der Waals surface area (Å²) in [5, 5.41) is 1.91. The van der Waals surface area contributed by atoms with Gasteiger partial charge in [-0.2, -0.15) is 0 Å². The first-order valence-electron chi connectivity index (χ1n) is 7.72. The first-order chi connectivity index (χ1) is 11.6. The van der Waals surface area contributed by atoms with Crippen molar-refractivity contribution in [2.24, 2.45) is 0 Å². The molecule has 0 radical (unpaired) electrons. The Balaban J connectivity index is 2.12. The highest BCUT2D eigenvalue weighted by atomic mass is 32.2. The number of rotatable bonds is 5. The Morgan fingerprint density at radius 3 is 2.29 bits per heavy atom. The summed E-state index contributed by atoms with van der Waals surface area (Å²) in [7, 11) is -2.14. The molecule has 0 heterocycles. The molecule has 3 rings (SSSR count). The van der Waals surface area contributed by atoms with Gasteiger partial charge in [0.25, 0.3) is 10.0 Å². The van der Waals surface area contributed by atoms with Crippen LogP contribution in [0, 0.1) is 0 Å². The van der Waals surface area contributed by atoms with Crippen LogP contribution in [0.2, 0.25) is 0 Å². The van der Waals surface area contributed by atoms with Crippen LogP contribution in [0.1, 0.15) is 6.92 Å². The van der Waals surface area contributed by atoms with E-state index < -0.39 is 10.0 Å². The topological polar surface area (TPSA) is 46.6 Å². The van der Waals surface area contributed by atoms with E-state index in [1.54, 1.807) is 30.3 Å². The smallest absolute Gasteiger partial charge is 0.264 e. The third-order valence-electron chi connectivity index (χ3n) is 3.95. The zero-order valence-corrected chi connectivity index (χ0v) is 14.5. The van der Waals surface area contributed by atoms with Gasteiger partial charge in [0.2, 0.25) is 0 Å². The Kier molecular flexibility index (Phi) is 4.44. The fourth-order valence-corrected chi connectivity index (χ4v) is 4.28. The second-order valence-corrected chi connectivity index (χ2v) is 7.21. The maximum absolute atomic E-state index is 13.1. The van der Waals surface area contributed by atoms with Gasteiger partial charge in [-0.25, -0.2) is 8.42 Å². The molecule has 0 fully saturated rings. The molecule has 24 heavy (non-hydrogen) atoms. The van der Waals surface area contributed by atoms with Crippen LogP contribution in [0.4, 0.5) is 5.69 Å². The molecule has 0 saturated heterocycles. The van der Waals surface area contributed by atoms with Crippen LogP contribution in [0.15, 0.2) is 71.6 Å². The van der Waals surface area contributed by atoms with Crippen LogP contribution in [0.3, 0.4) is 0 Å². The minimum atomic E-state index is -3.67. The van der Waals surface area contributed by atoms with Gasteiger partial charge >= 0.3 is 0 Å². The number of anilines is 1. The lowest BCUT2D eigenvalue weighted by Gasteiger charge is -2.24. The van der Waals surface area contributed by atoms with Crippen LogP contribution in [-0.4, -0.2) is 22.1 Å². The first kappa shape index (κ1) is 16.3. The van der Waals surface area contributed by atoms with E-state index in [1.165, 1.54) is 11.4 Å². The van der Waals surface area contributed by atoms with E-state index >= 15 is 0 Å². The largest absolute Gasteiger partial charge is 0.495 e. The molecule has 5 heteroatoms. The molecule has 0 N–H and O–H groups in total. The Hall–Kier alpha value is -2.53. The zero-order chi connectivity index (χ0) is 17.2. The van der Waals surface area contributed by atoms with Crippen LogP contribution in [0.5, 0.6) is 5.75 Å². The van der Waals surface area contributed by atoms with Crippen LogP contribution in [0.25, 0.3) is 10.8 Å². The molecule has 124 valence electrons. The normalized spacial score (nSPS) is 11.4. The lowest BCUT2D eigenvalue weighted by atomic mass is 10.1. The molecule has 3 aromatic rings. The molecule has 0 unspecified atom stereocenters. The summed E-state index contributed by atoms with van der Waals surface area (Å²) in [6.07, 6.45) is 0. The maximum atomic E-state index is 13.1. The number of benzene rings is 3. The fourth-order valence-electron chi connectivity index (χ4n) is 2.76. The van der Waals surface area contributed by atoms with Crippen molar-refractivity contribution in [2.75, 3.05) is 18.0 Å². The van der Waals surface area contributed by atoms with Gasteiger partial charge < -0.3 is 4.74 Å². The number of sulfonamides is 1. The summed E-state index contributed by atoms with van der Waals surface area (Å²) < 4.78 is 33.0. The van der Waals surface area contributed by atoms with E-state index in [2.05, 4.69) is 0 Å². The van der Waals surface area contributed by atoms with Crippen LogP contribution >= 0.6 is 0 Å². The monoisotopic (exact) mass is 341 g/mol. The van der Waals surface area contributed by atoms with Crippen LogP contribution in [-0.2, 0) is 10.0 Å². The van der Waals surface area contributed by atoms with E-state index in [0.29, 0.717) is 18.0 Å². The number of ether oxygens (including phenoxy) is 1. The van der Waals surface area contributed by atoms with Crippen molar-refractivity contribution in [1.29, 1.82) is 0 Å². The Morgan fingerprint density at radius 2 is 1.58 bits per heavy atom. The van der Waals surface area contributed by atoms with E-state index in [4.69, 9.17) is 4.74 Å². The summed E-state index contributed by atoms with van der Waals surface area (Å²) >= 11 is 0. The number of hydrogen-bond donors (Lipinski definition) is 0. The van der Waals surface area contributed by atoms with Crippen molar-refractivity contribution in [3.05, 3.63) is 66.7 Å². The van der Waals surface area contributed by atoms with Gasteiger partial charge in [0.05, 0.1) is 17.7 Å². The Morgan fingerprint density at radius 1 is 0.917 bits per heavy atom. The van der Waals surface area contributed by atoms with Crippen molar-refractivity contribution in [2.45, 2.75) is 11.8 Å². The second kappa shape index (κ2) is 6.53. The number of hydrogen-bond acceptors (Lipinski definition) is 3. The van der Waals surface area contributed by atoms with Gasteiger partial charge in [-0.1, -0.05) is 42.5 Å². The minimum absolute atomic E-state index is 0.272. The first-order valence-corrected chi connectivity index (χ1v) is 9.16. The van der Waals surface area contributed by atoms with E-state index in [9.17, 15) is 8.42 Å². The highest BCUT2D eigenvalue weighted by Gasteiger charge is 2.25. The van der Waals surface area contributed by atoms with Gasteiger partial charge in [0, 0.05) is 6.54 Å². The molecule has 4 nitrogen and oxygen atoms in total. The molecular formula is C19H19NO3S. The van der Waals surface area contributed by atoms with Gasteiger partial charge in [0.15, 0.2) is 0 Å². The molecular weight excluding hydrogens is 322 g/mol. The van der Waals surface area contributed by atoms with Gasteiger partial charge in [-0.15, -0.1) is 0 Å². The molecule has 0 aliphatic heterocycles. The molecule has 0 aliphatic carbocycles. The van der Waals surface area contributed by atoms with Gasteiger partial charge in [-0.3, -0.25) is 4.31 Å². The predicted octanol–water partition coefficient (Wildman–Crippen LogP) is 4.06. The lowest BCUT2D eigenvalue weighted by Crippen LogP contribution is -2.31. The lowest BCUT2D eigenvalue weighted by molar-refractivity contribution is 0.415. The number of methoxy groups -OCH3 is 1. The average molecular weight is 341 g/mol. The van der Waals surface area contributed by atoms with Gasteiger partial charge in [0.1, 0.15) is 5.75 Å². The van der Waals surface area contributed by atoms with Crippen LogP contribution < -0.4 is 9.04 Å². The summed E-state index contributed by atoms with van der Waals surface area (Å²) in [5.41, 5.74) is 0.538. The molecule has 0 spiro atoms. The SMILES string of the molecule is CCN(c1ccccc1OC)S(=O)(=O)c1ccc2ccccc2c1. The number of para-hydroxylation sites is 2. The molecule has 0 atom stereocenters. The van der Waals surface area contributed by atoms with E-state index in [-0.39, 0.29) is 4.90 Å². The highest BCUT2D eigenvalue weighted by Crippen LogP contribution is 2.32. The third kappa shape index (κ3) is 2.83. The molecule has 3 aromatic carbocycles. The Bertz CT molecular complexity index is 967. The molecule has 0 aromatic heterocycles. The standard InChI is InChI=1S/C19H19NO3S/c1-3-20(18-10-6-7-11-19(18)23-2)24(21,22)17-13-12-15-8-4-5-9-16(15)14-17/h4-14H,3H2,1-2H3. The fraction of sp³-hybridized carbons (Fsp3) is 0.158. The molecule has 0 aliphatic rings. The molecule has 0 saturated carbocycles. The summed E-state index contributed by atoms with van der Waals surface area (Å²) in [4.78, 5) is 0.272. The summed E-state index contributed by atoms with van der Waals surface area (Å²) in [6, 6.07) is 20.0. The van der Waals surface area contributed by atoms with Crippen molar-refractivity contribution >= 4 is 26.5 Å². The van der Waals surface area contributed by atoms with Crippen molar-refractivity contribution in [3.8, 4) is 5.75 Å². The average Bonchev–Trinajstić information content (AvgIpc) is 2.62. The summed E-state index contributed by atoms with van der Waals surface area (Å²) in [6.45, 7) is 2.13. The van der Waals surface area contributed by atoms with Gasteiger partial charge in [-0.05, 0) is 42.0 Å².